The second-order valence-corrected chi connectivity index (χ2v) is 7.12. The molecule has 0 radical (unpaired) electrons. The van der Waals surface area contributed by atoms with Crippen molar-refractivity contribution in [1.29, 1.82) is 0 Å². The highest BCUT2D eigenvalue weighted by molar-refractivity contribution is 5.76. The van der Waals surface area contributed by atoms with Crippen LogP contribution in [0, 0.1) is 6.92 Å². The van der Waals surface area contributed by atoms with E-state index in [1.807, 2.05) is 4.90 Å². The van der Waals surface area contributed by atoms with Gasteiger partial charge in [-0.25, -0.2) is 4.68 Å². The van der Waals surface area contributed by atoms with Crippen LogP contribution in [0.3, 0.4) is 0 Å². The van der Waals surface area contributed by atoms with E-state index in [0.717, 1.165) is 6.54 Å². The number of aryl methyl sites for hydroxylation is 1. The van der Waals surface area contributed by atoms with Crippen LogP contribution in [-0.2, 0) is 11.3 Å². The Balaban J connectivity index is 1.46. The highest BCUT2D eigenvalue weighted by atomic mass is 16.2. The van der Waals surface area contributed by atoms with E-state index in [4.69, 9.17) is 0 Å². The minimum absolute atomic E-state index is 0.0301. The molecule has 0 saturated carbocycles. The van der Waals surface area contributed by atoms with Crippen molar-refractivity contribution in [3.8, 4) is 0 Å². The zero-order valence-electron chi connectivity index (χ0n) is 15.6. The van der Waals surface area contributed by atoms with Gasteiger partial charge in [0.25, 0.3) is 5.56 Å². The summed E-state index contributed by atoms with van der Waals surface area (Å²) >= 11 is 0. The molecule has 7 nitrogen and oxygen atoms in total. The summed E-state index contributed by atoms with van der Waals surface area (Å²) in [6.45, 7) is 6.22. The van der Waals surface area contributed by atoms with Gasteiger partial charge in [-0.15, -0.1) is 0 Å². The van der Waals surface area contributed by atoms with E-state index < -0.39 is 0 Å². The topological polar surface area (TPSA) is 62.9 Å². The van der Waals surface area contributed by atoms with Gasteiger partial charge in [0.05, 0.1) is 0 Å². The maximum Gasteiger partial charge on any atom is 0.291 e. The minimum Gasteiger partial charge on any atom is -0.365 e. The molecule has 4 rings (SSSR count). The molecule has 0 unspecified atom stereocenters. The lowest BCUT2D eigenvalue weighted by atomic mass is 10.1. The summed E-state index contributed by atoms with van der Waals surface area (Å²) in [6.07, 6.45) is 3.32. The third-order valence-corrected chi connectivity index (χ3v) is 5.15. The number of benzene rings is 1. The van der Waals surface area contributed by atoms with E-state index in [0.29, 0.717) is 18.6 Å². The van der Waals surface area contributed by atoms with Gasteiger partial charge in [0, 0.05) is 37.6 Å². The first kappa shape index (κ1) is 17.3. The molecule has 27 heavy (non-hydrogen) atoms. The van der Waals surface area contributed by atoms with Gasteiger partial charge in [-0.3, -0.25) is 9.59 Å². The third kappa shape index (κ3) is 3.32. The predicted octanol–water partition coefficient (Wildman–Crippen LogP) is 1.54. The molecular formula is C20H23N5O2. The van der Waals surface area contributed by atoms with Crippen LogP contribution in [0.2, 0.25) is 0 Å². The number of rotatable bonds is 3. The zero-order chi connectivity index (χ0) is 19.0. The van der Waals surface area contributed by atoms with Crippen LogP contribution in [-0.4, -0.2) is 50.7 Å². The molecule has 3 heterocycles. The van der Waals surface area contributed by atoms with Gasteiger partial charge < -0.3 is 14.2 Å². The quantitative estimate of drug-likeness (QED) is 0.706. The Kier molecular flexibility index (Phi) is 4.43. The van der Waals surface area contributed by atoms with Crippen LogP contribution < -0.4 is 10.5 Å². The normalized spacial score (nSPS) is 17.5. The first-order valence-electron chi connectivity index (χ1n) is 9.17. The lowest BCUT2D eigenvalue weighted by molar-refractivity contribution is -0.132. The predicted molar refractivity (Wildman–Crippen MR) is 104 cm³/mol. The Hall–Kier alpha value is -3.09. The first-order valence-corrected chi connectivity index (χ1v) is 9.17. The third-order valence-electron chi connectivity index (χ3n) is 5.15. The molecule has 1 aliphatic rings. The lowest BCUT2D eigenvalue weighted by Gasteiger charge is -2.41. The van der Waals surface area contributed by atoms with Crippen molar-refractivity contribution < 1.29 is 4.79 Å². The summed E-state index contributed by atoms with van der Waals surface area (Å²) < 4.78 is 2.90. The highest BCUT2D eigenvalue weighted by Crippen LogP contribution is 2.21. The van der Waals surface area contributed by atoms with Crippen molar-refractivity contribution in [2.75, 3.05) is 24.5 Å². The van der Waals surface area contributed by atoms with E-state index in [-0.39, 0.29) is 24.1 Å². The van der Waals surface area contributed by atoms with Gasteiger partial charge in [-0.1, -0.05) is 12.1 Å². The molecule has 0 N–H and O–H groups in total. The highest BCUT2D eigenvalue weighted by Gasteiger charge is 2.27. The minimum atomic E-state index is -0.248. The Labute approximate surface area is 157 Å². The number of anilines is 1. The molecule has 1 fully saturated rings. The summed E-state index contributed by atoms with van der Waals surface area (Å²) in [7, 11) is 0. The van der Waals surface area contributed by atoms with E-state index in [9.17, 15) is 9.59 Å². The Morgan fingerprint density at radius 2 is 2.07 bits per heavy atom. The maximum absolute atomic E-state index is 12.7. The Bertz CT molecular complexity index is 1040. The van der Waals surface area contributed by atoms with Gasteiger partial charge in [0.1, 0.15) is 18.4 Å². The summed E-state index contributed by atoms with van der Waals surface area (Å²) in [5.41, 5.74) is 2.69. The van der Waals surface area contributed by atoms with Gasteiger partial charge in [-0.05, 0) is 43.7 Å². The molecule has 0 bridgehead atoms. The number of fused-ring (bicyclic) bond motifs is 1. The number of hydrogen-bond donors (Lipinski definition) is 0. The smallest absolute Gasteiger partial charge is 0.291 e. The van der Waals surface area contributed by atoms with E-state index in [1.54, 1.807) is 29.1 Å². The summed E-state index contributed by atoms with van der Waals surface area (Å²) in [5.74, 6) is -0.0729. The molecule has 1 aliphatic heterocycles. The SMILES string of the molecule is Cc1cccc(N2CCN(C(=O)Cn3ncn4cccc4c3=O)C[C@@H]2C)c1. The molecule has 0 spiro atoms. The van der Waals surface area contributed by atoms with Crippen LogP contribution in [0.25, 0.3) is 5.52 Å². The van der Waals surface area contributed by atoms with Gasteiger partial charge in [0.2, 0.25) is 5.91 Å². The molecule has 1 aromatic carbocycles. The largest absolute Gasteiger partial charge is 0.365 e. The molecule has 2 aromatic heterocycles. The van der Waals surface area contributed by atoms with E-state index in [1.165, 1.54) is 15.9 Å². The fraction of sp³-hybridized carbons (Fsp3) is 0.350. The fourth-order valence-electron chi connectivity index (χ4n) is 3.69. The van der Waals surface area contributed by atoms with Crippen molar-refractivity contribution in [1.82, 2.24) is 19.1 Å². The first-order chi connectivity index (χ1) is 13.0. The average Bonchev–Trinajstić information content (AvgIpc) is 3.13. The van der Waals surface area contributed by atoms with Gasteiger partial charge in [-0.2, -0.15) is 5.10 Å². The van der Waals surface area contributed by atoms with Crippen LogP contribution in [0.4, 0.5) is 5.69 Å². The Morgan fingerprint density at radius 1 is 1.22 bits per heavy atom. The molecular weight excluding hydrogens is 342 g/mol. The van der Waals surface area contributed by atoms with Crippen LogP contribution in [0.15, 0.2) is 53.7 Å². The molecule has 1 saturated heterocycles. The van der Waals surface area contributed by atoms with Crippen LogP contribution >= 0.6 is 0 Å². The molecule has 140 valence electrons. The molecule has 1 amide bonds. The zero-order valence-corrected chi connectivity index (χ0v) is 15.6. The number of carbonyl (C=O) groups is 1. The van der Waals surface area contributed by atoms with Crippen molar-refractivity contribution in [2.45, 2.75) is 26.4 Å². The Morgan fingerprint density at radius 3 is 2.85 bits per heavy atom. The van der Waals surface area contributed by atoms with Gasteiger partial charge >= 0.3 is 0 Å². The average molecular weight is 365 g/mol. The molecule has 0 aliphatic carbocycles. The van der Waals surface area contributed by atoms with Crippen molar-refractivity contribution in [3.05, 3.63) is 64.8 Å². The monoisotopic (exact) mass is 365 g/mol. The molecule has 7 heteroatoms. The van der Waals surface area contributed by atoms with Crippen molar-refractivity contribution in [3.63, 3.8) is 0 Å². The molecule has 3 aromatic rings. The lowest BCUT2D eigenvalue weighted by Crippen LogP contribution is -2.54. The number of carbonyl (C=O) groups excluding carboxylic acids is 1. The molecule has 1 atom stereocenters. The number of piperazine rings is 1. The summed E-state index contributed by atoms with van der Waals surface area (Å²) in [6, 6.07) is 12.2. The number of nitrogens with zero attached hydrogens (tertiary/aromatic N) is 5. The van der Waals surface area contributed by atoms with Crippen LogP contribution in [0.5, 0.6) is 0 Å². The van der Waals surface area contributed by atoms with Crippen molar-refractivity contribution in [2.24, 2.45) is 0 Å². The number of amides is 1. The van der Waals surface area contributed by atoms with Crippen molar-refractivity contribution >= 4 is 17.1 Å². The van der Waals surface area contributed by atoms with E-state index >= 15 is 0 Å². The van der Waals surface area contributed by atoms with Crippen LogP contribution in [0.1, 0.15) is 12.5 Å². The number of aromatic nitrogens is 3. The van der Waals surface area contributed by atoms with E-state index in [2.05, 4.69) is 48.1 Å². The van der Waals surface area contributed by atoms with Gasteiger partial charge in [0.15, 0.2) is 0 Å². The second kappa shape index (κ2) is 6.90. The summed E-state index contributed by atoms with van der Waals surface area (Å²) in [5, 5.41) is 4.11. The fourth-order valence-corrected chi connectivity index (χ4v) is 3.69. The number of hydrogen-bond acceptors (Lipinski definition) is 4. The maximum atomic E-state index is 12.7. The summed E-state index contributed by atoms with van der Waals surface area (Å²) in [4.78, 5) is 29.3. The standard InChI is InChI=1S/C20H23N5O2/c1-15-5-3-6-17(11-15)24-10-9-22(12-16(24)2)19(26)13-25-20(27)18-7-4-8-23(18)14-21-25/h3-8,11,14,16H,9-10,12-13H2,1-2H3/t16-/m0/s1. The second-order valence-electron chi connectivity index (χ2n) is 7.12.